The Morgan fingerprint density at radius 1 is 0.904 bits per heavy atom. The van der Waals surface area contributed by atoms with E-state index < -0.39 is 70.4 Å². The van der Waals surface area contributed by atoms with Gasteiger partial charge in [0, 0.05) is 16.5 Å². The molecule has 0 aromatic heterocycles. The average Bonchev–Trinajstić information content (AvgIpc) is 3.51. The number of carbonyl (C=O) groups excluding carboxylic acids is 4. The monoisotopic (exact) mass is 719 g/mol. The Bertz CT molecular complexity index is 2240. The highest BCUT2D eigenvalue weighted by Gasteiger charge is 2.70. The van der Waals surface area contributed by atoms with Crippen molar-refractivity contribution in [2.75, 3.05) is 10.3 Å². The minimum Gasteiger partial charge on any atom is -0.507 e. The molecule has 6 unspecified atom stereocenters. The van der Waals surface area contributed by atoms with E-state index in [0.29, 0.717) is 27.3 Å². The van der Waals surface area contributed by atoms with Gasteiger partial charge in [-0.1, -0.05) is 59.6 Å². The highest BCUT2D eigenvalue weighted by molar-refractivity contribution is 6.30. The summed E-state index contributed by atoms with van der Waals surface area (Å²) in [5.74, 6) is -8.50. The van der Waals surface area contributed by atoms with Crippen LogP contribution in [-0.4, -0.2) is 44.8 Å². The number of aromatic hydroxyl groups is 1. The molecule has 3 N–H and O–H groups in total. The largest absolute Gasteiger partial charge is 0.507 e. The molecule has 10 nitrogen and oxygen atoms in total. The summed E-state index contributed by atoms with van der Waals surface area (Å²) in [5.41, 5.74) is 3.61. The zero-order chi connectivity index (χ0) is 36.6. The third-order valence-corrected chi connectivity index (χ3v) is 11.4. The molecule has 2 aliphatic heterocycles. The number of hydrogen-bond acceptors (Lipinski definition) is 7. The first-order valence-corrected chi connectivity index (χ1v) is 17.2. The molecule has 12 heteroatoms. The number of allylic oxidation sites excluding steroid dienone is 2. The summed E-state index contributed by atoms with van der Waals surface area (Å²) in [6.45, 7) is 1.73. The van der Waals surface area contributed by atoms with Crippen molar-refractivity contribution < 1.29 is 38.6 Å². The van der Waals surface area contributed by atoms with E-state index in [1.165, 1.54) is 48.5 Å². The molecule has 1 saturated carbocycles. The van der Waals surface area contributed by atoms with Gasteiger partial charge in [-0.2, -0.15) is 5.01 Å². The van der Waals surface area contributed by atoms with Crippen LogP contribution in [0.3, 0.4) is 0 Å². The highest BCUT2D eigenvalue weighted by Crippen LogP contribution is 2.65. The van der Waals surface area contributed by atoms with Crippen molar-refractivity contribution >= 4 is 52.6 Å². The lowest BCUT2D eigenvalue weighted by atomic mass is 9.49. The zero-order valence-corrected chi connectivity index (χ0v) is 28.4. The SMILES string of the molecule is Cc1cccc(C2C3=CCC4C(=O)N(c5cccc(C(=O)O)c5)C(=O)C4C3CC3C(=O)N(Nc4ccc(F)cc4)C(=O)C32c2ccc(Cl)cc2)c1O. The van der Waals surface area contributed by atoms with Gasteiger partial charge in [0.15, 0.2) is 0 Å². The van der Waals surface area contributed by atoms with Gasteiger partial charge in [-0.05, 0) is 91.4 Å². The Kier molecular flexibility index (Phi) is 7.80. The van der Waals surface area contributed by atoms with Gasteiger partial charge in [0.1, 0.15) is 11.6 Å². The van der Waals surface area contributed by atoms with E-state index in [-0.39, 0.29) is 35.5 Å². The second-order valence-electron chi connectivity index (χ2n) is 13.8. The van der Waals surface area contributed by atoms with Gasteiger partial charge in [-0.15, -0.1) is 0 Å². The Labute approximate surface area is 302 Å². The second kappa shape index (κ2) is 12.2. The molecule has 2 aliphatic carbocycles. The fourth-order valence-electron chi connectivity index (χ4n) is 8.95. The lowest BCUT2D eigenvalue weighted by molar-refractivity contribution is -0.138. The number of aryl methyl sites for hydroxylation is 1. The summed E-state index contributed by atoms with van der Waals surface area (Å²) in [5, 5.41) is 22.6. The van der Waals surface area contributed by atoms with Crippen molar-refractivity contribution in [2.45, 2.75) is 31.1 Å². The zero-order valence-electron chi connectivity index (χ0n) is 27.6. The van der Waals surface area contributed by atoms with Crippen LogP contribution in [0.25, 0.3) is 0 Å². The van der Waals surface area contributed by atoms with Crippen LogP contribution in [0.1, 0.15) is 45.8 Å². The number of halogens is 2. The molecule has 4 amide bonds. The number of rotatable bonds is 6. The number of phenols is 1. The minimum atomic E-state index is -1.64. The van der Waals surface area contributed by atoms with E-state index in [4.69, 9.17) is 11.6 Å². The van der Waals surface area contributed by atoms with Gasteiger partial charge in [0.2, 0.25) is 11.8 Å². The molecule has 4 aliphatic rings. The highest BCUT2D eigenvalue weighted by atomic mass is 35.5. The molecule has 2 saturated heterocycles. The summed E-state index contributed by atoms with van der Waals surface area (Å²) < 4.78 is 13.8. The van der Waals surface area contributed by atoms with Crippen molar-refractivity contribution in [1.29, 1.82) is 0 Å². The normalized spacial score (nSPS) is 26.5. The first-order chi connectivity index (χ1) is 24.9. The lowest BCUT2D eigenvalue weighted by Crippen LogP contribution is -2.53. The van der Waals surface area contributed by atoms with Crippen molar-refractivity contribution in [2.24, 2.45) is 23.7 Å². The van der Waals surface area contributed by atoms with Crippen LogP contribution in [0.2, 0.25) is 5.02 Å². The molecule has 4 aromatic carbocycles. The number of hydrazine groups is 1. The average molecular weight is 720 g/mol. The number of hydrogen-bond donors (Lipinski definition) is 3. The molecular formula is C40H31ClFN3O7. The number of aromatic carboxylic acids is 1. The molecule has 3 fully saturated rings. The number of carbonyl (C=O) groups is 5. The number of fused-ring (bicyclic) bond motifs is 4. The first-order valence-electron chi connectivity index (χ1n) is 16.8. The molecule has 0 spiro atoms. The molecular weight excluding hydrogens is 689 g/mol. The maximum absolute atomic E-state index is 15.2. The number of nitrogens with one attached hydrogen (secondary N) is 1. The molecule has 262 valence electrons. The number of benzene rings is 4. The molecule has 52 heavy (non-hydrogen) atoms. The van der Waals surface area contributed by atoms with Gasteiger partial charge in [-0.25, -0.2) is 9.18 Å². The minimum absolute atomic E-state index is 0.00685. The van der Waals surface area contributed by atoms with Crippen LogP contribution in [-0.2, 0) is 24.6 Å². The maximum atomic E-state index is 15.2. The molecule has 4 aromatic rings. The third-order valence-electron chi connectivity index (χ3n) is 11.2. The molecule has 0 radical (unpaired) electrons. The Morgan fingerprint density at radius 3 is 2.33 bits per heavy atom. The van der Waals surface area contributed by atoms with Crippen LogP contribution in [0, 0.1) is 36.4 Å². The number of nitrogens with zero attached hydrogens (tertiary/aromatic N) is 2. The van der Waals surface area contributed by atoms with Gasteiger partial charge in [-0.3, -0.25) is 29.5 Å². The number of imide groups is 2. The van der Waals surface area contributed by atoms with Gasteiger partial charge >= 0.3 is 5.97 Å². The van der Waals surface area contributed by atoms with Crippen LogP contribution >= 0.6 is 11.6 Å². The van der Waals surface area contributed by atoms with E-state index in [1.807, 2.05) is 6.08 Å². The Hall–Kier alpha value is -5.81. The van der Waals surface area contributed by atoms with E-state index >= 15 is 4.79 Å². The maximum Gasteiger partial charge on any atom is 0.335 e. The van der Waals surface area contributed by atoms with Crippen LogP contribution in [0.5, 0.6) is 5.75 Å². The number of carboxylic acids is 1. The number of phenolic OH excluding ortho intramolecular Hbond substituents is 1. The van der Waals surface area contributed by atoms with Crippen molar-refractivity contribution in [3.05, 3.63) is 136 Å². The predicted octanol–water partition coefficient (Wildman–Crippen LogP) is 6.38. The molecule has 6 atom stereocenters. The van der Waals surface area contributed by atoms with Crippen LogP contribution in [0.15, 0.2) is 103 Å². The predicted molar refractivity (Wildman–Crippen MR) is 188 cm³/mol. The summed E-state index contributed by atoms with van der Waals surface area (Å²) >= 11 is 6.33. The first kappa shape index (κ1) is 33.3. The molecule has 8 rings (SSSR count). The molecule has 0 bridgehead atoms. The van der Waals surface area contributed by atoms with Crippen molar-refractivity contribution in [1.82, 2.24) is 5.01 Å². The summed E-state index contributed by atoms with van der Waals surface area (Å²) in [7, 11) is 0. The number of amides is 4. The van der Waals surface area contributed by atoms with E-state index in [0.717, 1.165) is 9.91 Å². The fourth-order valence-corrected chi connectivity index (χ4v) is 9.07. The topological polar surface area (TPSA) is 144 Å². The number of para-hydroxylation sites is 1. The van der Waals surface area contributed by atoms with Gasteiger partial charge < -0.3 is 10.2 Å². The van der Waals surface area contributed by atoms with Crippen LogP contribution < -0.4 is 10.3 Å². The number of anilines is 2. The van der Waals surface area contributed by atoms with Gasteiger partial charge in [0.05, 0.1) is 40.1 Å². The van der Waals surface area contributed by atoms with Crippen molar-refractivity contribution in [3.8, 4) is 5.75 Å². The lowest BCUT2D eigenvalue weighted by Gasteiger charge is -2.50. The Balaban J connectivity index is 1.32. The quantitative estimate of drug-likeness (QED) is 0.154. The second-order valence-corrected chi connectivity index (χ2v) is 14.2. The van der Waals surface area contributed by atoms with Crippen LogP contribution in [0.4, 0.5) is 15.8 Å². The molecule has 2 heterocycles. The fraction of sp³-hybridized carbons (Fsp3) is 0.225. The smallest absolute Gasteiger partial charge is 0.335 e. The summed E-state index contributed by atoms with van der Waals surface area (Å²) in [6.07, 6.45) is 2.01. The standard InChI is InChI=1S/C40H31ClFN3O7/c1-20-4-2-7-29(34(20)46)33-27-16-17-28-32(37(49)44(35(28)47)26-6-3-5-21(18-26)38(50)51)30(27)19-31-36(48)45(43-25-14-12-24(42)13-15-25)39(52)40(31,33)22-8-10-23(41)11-9-22/h2-16,18,28,30-33,43,46H,17,19H2,1H3,(H,50,51). The number of carboxylic acid groups (broad SMARTS) is 1. The summed E-state index contributed by atoms with van der Waals surface area (Å²) in [6, 6.07) is 22.6. The Morgan fingerprint density at radius 2 is 1.62 bits per heavy atom. The third kappa shape index (κ3) is 4.79. The van der Waals surface area contributed by atoms with E-state index in [9.17, 15) is 33.8 Å². The van der Waals surface area contributed by atoms with E-state index in [1.54, 1.807) is 49.4 Å². The summed E-state index contributed by atoms with van der Waals surface area (Å²) in [4.78, 5) is 71.2. The van der Waals surface area contributed by atoms with Gasteiger partial charge in [0.25, 0.3) is 11.8 Å². The van der Waals surface area contributed by atoms with Crippen molar-refractivity contribution in [3.63, 3.8) is 0 Å². The van der Waals surface area contributed by atoms with E-state index in [2.05, 4.69) is 5.43 Å².